The highest BCUT2D eigenvalue weighted by atomic mass is 35.5. The van der Waals surface area contributed by atoms with Gasteiger partial charge < -0.3 is 5.32 Å². The van der Waals surface area contributed by atoms with Crippen LogP contribution in [-0.4, -0.2) is 12.6 Å². The van der Waals surface area contributed by atoms with E-state index in [4.69, 9.17) is 11.6 Å². The lowest BCUT2D eigenvalue weighted by atomic mass is 9.74. The fraction of sp³-hybridized carbons (Fsp3) is 0.571. The normalized spacial score (nSPS) is 20.6. The van der Waals surface area contributed by atoms with Crippen molar-refractivity contribution in [2.75, 3.05) is 7.05 Å². The molecule has 1 N–H and O–H groups in total. The highest BCUT2D eigenvalue weighted by molar-refractivity contribution is 6.30. The molecule has 0 fully saturated rings. The van der Waals surface area contributed by atoms with Crippen LogP contribution < -0.4 is 5.32 Å². The number of aryl methyl sites for hydroxylation is 1. The maximum absolute atomic E-state index is 6.06. The molecule has 0 radical (unpaired) electrons. The molecule has 1 aliphatic carbocycles. The SMILES string of the molecule is CNC(C)(C)C1CCc2ccc(Cl)cc2C1. The molecule has 0 bridgehead atoms. The summed E-state index contributed by atoms with van der Waals surface area (Å²) < 4.78 is 0. The standard InChI is InChI=1S/C14H20ClN/c1-14(2,16-3)12-6-4-10-5-7-13(15)9-11(10)8-12/h5,7,9,12,16H,4,6,8H2,1-3H3. The summed E-state index contributed by atoms with van der Waals surface area (Å²) in [5, 5.41) is 4.29. The van der Waals surface area contributed by atoms with Crippen LogP contribution in [0.15, 0.2) is 18.2 Å². The second kappa shape index (κ2) is 4.38. The lowest BCUT2D eigenvalue weighted by Crippen LogP contribution is -2.46. The van der Waals surface area contributed by atoms with Crippen molar-refractivity contribution < 1.29 is 0 Å². The fourth-order valence-electron chi connectivity index (χ4n) is 2.55. The van der Waals surface area contributed by atoms with E-state index in [1.807, 2.05) is 13.1 Å². The molecule has 1 aliphatic rings. The number of fused-ring (bicyclic) bond motifs is 1. The zero-order valence-electron chi connectivity index (χ0n) is 10.3. The first-order valence-corrected chi connectivity index (χ1v) is 6.37. The second-order valence-electron chi connectivity index (χ2n) is 5.32. The van der Waals surface area contributed by atoms with E-state index in [1.165, 1.54) is 24.0 Å². The Morgan fingerprint density at radius 2 is 2.06 bits per heavy atom. The van der Waals surface area contributed by atoms with Gasteiger partial charge in [-0.2, -0.15) is 0 Å². The van der Waals surface area contributed by atoms with Gasteiger partial charge >= 0.3 is 0 Å². The van der Waals surface area contributed by atoms with Crippen LogP contribution in [0.1, 0.15) is 31.4 Å². The van der Waals surface area contributed by atoms with Gasteiger partial charge in [-0.25, -0.2) is 0 Å². The van der Waals surface area contributed by atoms with Gasteiger partial charge in [0.25, 0.3) is 0 Å². The highest BCUT2D eigenvalue weighted by Crippen LogP contribution is 2.33. The quantitative estimate of drug-likeness (QED) is 0.831. The van der Waals surface area contributed by atoms with Gasteiger partial charge in [0.2, 0.25) is 0 Å². The lowest BCUT2D eigenvalue weighted by molar-refractivity contribution is 0.244. The summed E-state index contributed by atoms with van der Waals surface area (Å²) in [5.74, 6) is 0.698. The molecular formula is C14H20ClN. The number of hydrogen-bond acceptors (Lipinski definition) is 1. The van der Waals surface area contributed by atoms with E-state index < -0.39 is 0 Å². The van der Waals surface area contributed by atoms with Gasteiger partial charge in [-0.05, 0) is 69.3 Å². The first-order chi connectivity index (χ1) is 7.53. The molecule has 2 rings (SSSR count). The van der Waals surface area contributed by atoms with E-state index in [1.54, 1.807) is 0 Å². The van der Waals surface area contributed by atoms with E-state index in [-0.39, 0.29) is 5.54 Å². The summed E-state index contributed by atoms with van der Waals surface area (Å²) in [5.41, 5.74) is 3.12. The summed E-state index contributed by atoms with van der Waals surface area (Å²) in [6, 6.07) is 6.32. The highest BCUT2D eigenvalue weighted by Gasteiger charge is 2.30. The van der Waals surface area contributed by atoms with E-state index in [9.17, 15) is 0 Å². The fourth-order valence-corrected chi connectivity index (χ4v) is 2.74. The van der Waals surface area contributed by atoms with Gasteiger partial charge in [-0.15, -0.1) is 0 Å². The molecule has 0 heterocycles. The van der Waals surface area contributed by atoms with Crippen LogP contribution in [0.25, 0.3) is 0 Å². The molecule has 0 amide bonds. The maximum Gasteiger partial charge on any atom is 0.0408 e. The van der Waals surface area contributed by atoms with Crippen LogP contribution in [-0.2, 0) is 12.8 Å². The Morgan fingerprint density at radius 3 is 2.75 bits per heavy atom. The average molecular weight is 238 g/mol. The second-order valence-corrected chi connectivity index (χ2v) is 5.76. The summed E-state index contributed by atoms with van der Waals surface area (Å²) in [6.07, 6.45) is 3.59. The first kappa shape index (κ1) is 11.9. The maximum atomic E-state index is 6.06. The van der Waals surface area contributed by atoms with Crippen LogP contribution >= 0.6 is 11.6 Å². The minimum absolute atomic E-state index is 0.208. The predicted octanol–water partition coefficient (Wildman–Crippen LogP) is 3.44. The molecule has 0 aromatic heterocycles. The number of rotatable bonds is 2. The molecule has 0 aliphatic heterocycles. The molecule has 0 saturated carbocycles. The molecule has 88 valence electrons. The molecule has 0 spiro atoms. The molecule has 1 aromatic rings. The third kappa shape index (κ3) is 2.26. The molecule has 1 unspecified atom stereocenters. The van der Waals surface area contributed by atoms with E-state index in [0.717, 1.165) is 11.4 Å². The molecule has 16 heavy (non-hydrogen) atoms. The van der Waals surface area contributed by atoms with Crippen LogP contribution in [0.4, 0.5) is 0 Å². The third-order valence-electron chi connectivity index (χ3n) is 4.06. The van der Waals surface area contributed by atoms with Gasteiger partial charge in [-0.3, -0.25) is 0 Å². The molecule has 1 nitrogen and oxygen atoms in total. The number of halogens is 1. The topological polar surface area (TPSA) is 12.0 Å². The van der Waals surface area contributed by atoms with Crippen LogP contribution in [0, 0.1) is 5.92 Å². The van der Waals surface area contributed by atoms with Gasteiger partial charge in [0.05, 0.1) is 0 Å². The summed E-state index contributed by atoms with van der Waals surface area (Å²) in [6.45, 7) is 4.57. The number of hydrogen-bond donors (Lipinski definition) is 1. The summed E-state index contributed by atoms with van der Waals surface area (Å²) in [7, 11) is 2.05. The van der Waals surface area contributed by atoms with Crippen LogP contribution in [0.3, 0.4) is 0 Å². The molecule has 0 saturated heterocycles. The lowest BCUT2D eigenvalue weighted by Gasteiger charge is -2.37. The monoisotopic (exact) mass is 237 g/mol. The molecular weight excluding hydrogens is 218 g/mol. The van der Waals surface area contributed by atoms with E-state index in [2.05, 4.69) is 31.3 Å². The van der Waals surface area contributed by atoms with Crippen LogP contribution in [0.2, 0.25) is 5.02 Å². The van der Waals surface area contributed by atoms with Gasteiger partial charge in [0, 0.05) is 10.6 Å². The Hall–Kier alpha value is -0.530. The van der Waals surface area contributed by atoms with Crippen molar-refractivity contribution in [3.63, 3.8) is 0 Å². The Balaban J connectivity index is 2.23. The van der Waals surface area contributed by atoms with Crippen molar-refractivity contribution in [2.24, 2.45) is 5.92 Å². The van der Waals surface area contributed by atoms with Crippen molar-refractivity contribution >= 4 is 11.6 Å². The smallest absolute Gasteiger partial charge is 0.0408 e. The summed E-state index contributed by atoms with van der Waals surface area (Å²) in [4.78, 5) is 0. The Labute approximate surface area is 103 Å². The van der Waals surface area contributed by atoms with Crippen LogP contribution in [0.5, 0.6) is 0 Å². The zero-order valence-corrected chi connectivity index (χ0v) is 11.1. The Kier molecular flexibility index (Phi) is 3.27. The van der Waals surface area contributed by atoms with Crippen molar-refractivity contribution in [3.8, 4) is 0 Å². The van der Waals surface area contributed by atoms with E-state index in [0.29, 0.717) is 5.92 Å². The zero-order chi connectivity index (χ0) is 11.8. The Morgan fingerprint density at radius 1 is 1.31 bits per heavy atom. The number of nitrogens with one attached hydrogen (secondary N) is 1. The van der Waals surface area contributed by atoms with Crippen molar-refractivity contribution in [1.29, 1.82) is 0 Å². The first-order valence-electron chi connectivity index (χ1n) is 5.99. The van der Waals surface area contributed by atoms with Gasteiger partial charge in [-0.1, -0.05) is 17.7 Å². The molecule has 1 atom stereocenters. The van der Waals surface area contributed by atoms with Gasteiger partial charge in [0.15, 0.2) is 0 Å². The van der Waals surface area contributed by atoms with Gasteiger partial charge in [0.1, 0.15) is 0 Å². The Bertz CT molecular complexity index is 384. The van der Waals surface area contributed by atoms with Crippen molar-refractivity contribution in [2.45, 2.75) is 38.6 Å². The number of benzene rings is 1. The van der Waals surface area contributed by atoms with E-state index >= 15 is 0 Å². The predicted molar refractivity (Wildman–Crippen MR) is 70.1 cm³/mol. The summed E-state index contributed by atoms with van der Waals surface area (Å²) >= 11 is 6.06. The minimum Gasteiger partial charge on any atom is -0.315 e. The molecule has 1 aromatic carbocycles. The largest absolute Gasteiger partial charge is 0.315 e. The minimum atomic E-state index is 0.208. The average Bonchev–Trinajstić information content (AvgIpc) is 2.28. The van der Waals surface area contributed by atoms with Crippen molar-refractivity contribution in [3.05, 3.63) is 34.3 Å². The third-order valence-corrected chi connectivity index (χ3v) is 4.30. The molecule has 2 heteroatoms. The van der Waals surface area contributed by atoms with Crippen molar-refractivity contribution in [1.82, 2.24) is 5.32 Å².